The lowest BCUT2D eigenvalue weighted by atomic mass is 9.78. The molecule has 4 N–H and O–H groups in total. The Bertz CT molecular complexity index is 860. The van der Waals surface area contributed by atoms with Crippen molar-refractivity contribution in [2.75, 3.05) is 19.7 Å². The van der Waals surface area contributed by atoms with Crippen LogP contribution in [0.4, 0.5) is 0 Å². The molecule has 0 bridgehead atoms. The average Bonchev–Trinajstić information content (AvgIpc) is 3.22. The van der Waals surface area contributed by atoms with Crippen molar-refractivity contribution in [1.82, 2.24) is 26.4 Å². The van der Waals surface area contributed by atoms with Gasteiger partial charge in [0.1, 0.15) is 5.75 Å². The maximum atomic E-state index is 13.5. The van der Waals surface area contributed by atoms with Crippen LogP contribution in [0.25, 0.3) is 0 Å². The van der Waals surface area contributed by atoms with Gasteiger partial charge in [-0.3, -0.25) is 20.3 Å². The first-order valence-electron chi connectivity index (χ1n) is 12.9. The van der Waals surface area contributed by atoms with Gasteiger partial charge in [-0.15, -0.1) is 0 Å². The van der Waals surface area contributed by atoms with Crippen LogP contribution in [0.3, 0.4) is 0 Å². The molecule has 8 heteroatoms. The number of rotatable bonds is 7. The molecule has 7 atom stereocenters. The Labute approximate surface area is 203 Å². The Balaban J connectivity index is 1.49. The molecule has 3 fully saturated rings. The van der Waals surface area contributed by atoms with E-state index in [4.69, 9.17) is 4.74 Å². The highest BCUT2D eigenvalue weighted by molar-refractivity contribution is 5.83. The molecule has 8 nitrogen and oxygen atoms in total. The Hall–Kier alpha value is -2.16. The number of ether oxygens (including phenoxy) is 1. The molecule has 2 amide bonds. The molecular weight excluding hydrogens is 430 g/mol. The molecule has 1 aromatic carbocycles. The second kappa shape index (κ2) is 10.6. The number of amides is 2. The minimum absolute atomic E-state index is 0.0514. The van der Waals surface area contributed by atoms with E-state index in [1.54, 1.807) is 0 Å². The van der Waals surface area contributed by atoms with Crippen molar-refractivity contribution in [3.63, 3.8) is 0 Å². The van der Waals surface area contributed by atoms with E-state index in [1.165, 1.54) is 0 Å². The summed E-state index contributed by atoms with van der Waals surface area (Å²) < 4.78 is 5.60. The molecule has 0 spiro atoms. The third-order valence-corrected chi connectivity index (χ3v) is 7.71. The van der Waals surface area contributed by atoms with Crippen LogP contribution in [-0.2, 0) is 9.59 Å². The van der Waals surface area contributed by atoms with Crippen LogP contribution < -0.4 is 26.1 Å². The molecule has 7 unspecified atom stereocenters. The molecule has 34 heavy (non-hydrogen) atoms. The molecule has 1 aromatic rings. The van der Waals surface area contributed by atoms with Crippen LogP contribution in [0.5, 0.6) is 5.75 Å². The van der Waals surface area contributed by atoms with Gasteiger partial charge in [-0.1, -0.05) is 19.1 Å². The predicted octanol–water partition coefficient (Wildman–Crippen LogP) is 2.18. The SMILES string of the molecule is CCOc1ccc(C2CC(C(=O)NCC3C(=O)NC(C)CC3C)C3CNN(C(C)C)C3N2)cc1. The zero-order valence-electron chi connectivity index (χ0n) is 21.1. The van der Waals surface area contributed by atoms with E-state index < -0.39 is 0 Å². The van der Waals surface area contributed by atoms with Gasteiger partial charge in [0.05, 0.1) is 18.7 Å². The van der Waals surface area contributed by atoms with E-state index in [9.17, 15) is 9.59 Å². The molecule has 188 valence electrons. The van der Waals surface area contributed by atoms with Crippen molar-refractivity contribution in [1.29, 1.82) is 0 Å². The van der Waals surface area contributed by atoms with Crippen LogP contribution >= 0.6 is 0 Å². The van der Waals surface area contributed by atoms with E-state index in [0.29, 0.717) is 19.2 Å². The van der Waals surface area contributed by atoms with Gasteiger partial charge >= 0.3 is 0 Å². The summed E-state index contributed by atoms with van der Waals surface area (Å²) in [7, 11) is 0. The number of carbonyl (C=O) groups excluding carboxylic acids is 2. The second-order valence-corrected chi connectivity index (χ2v) is 10.5. The predicted molar refractivity (Wildman–Crippen MR) is 132 cm³/mol. The Kier molecular flexibility index (Phi) is 7.80. The van der Waals surface area contributed by atoms with E-state index in [2.05, 4.69) is 59.3 Å². The number of piperidine rings is 2. The minimum atomic E-state index is -0.173. The highest BCUT2D eigenvalue weighted by Gasteiger charge is 2.48. The summed E-state index contributed by atoms with van der Waals surface area (Å²) in [6.07, 6.45) is 1.73. The summed E-state index contributed by atoms with van der Waals surface area (Å²) in [4.78, 5) is 26.0. The molecule has 4 rings (SSSR count). The van der Waals surface area contributed by atoms with Crippen molar-refractivity contribution in [3.05, 3.63) is 29.8 Å². The van der Waals surface area contributed by atoms with Gasteiger partial charge in [0, 0.05) is 43.1 Å². The van der Waals surface area contributed by atoms with Gasteiger partial charge in [0.15, 0.2) is 0 Å². The first-order chi connectivity index (χ1) is 16.3. The minimum Gasteiger partial charge on any atom is -0.494 e. The van der Waals surface area contributed by atoms with E-state index in [0.717, 1.165) is 30.7 Å². The van der Waals surface area contributed by atoms with Crippen LogP contribution in [0.1, 0.15) is 59.1 Å². The smallest absolute Gasteiger partial charge is 0.225 e. The Morgan fingerprint density at radius 3 is 2.59 bits per heavy atom. The topological polar surface area (TPSA) is 94.7 Å². The van der Waals surface area contributed by atoms with E-state index in [1.807, 2.05) is 26.0 Å². The summed E-state index contributed by atoms with van der Waals surface area (Å²) in [5.74, 6) is 1.07. The van der Waals surface area contributed by atoms with Gasteiger partial charge in [0.2, 0.25) is 11.8 Å². The normalized spacial score (nSPS) is 33.9. The summed E-state index contributed by atoms with van der Waals surface area (Å²) in [6, 6.07) is 8.74. The van der Waals surface area contributed by atoms with Gasteiger partial charge in [-0.25, -0.2) is 5.01 Å². The van der Waals surface area contributed by atoms with Gasteiger partial charge in [0.25, 0.3) is 0 Å². The largest absolute Gasteiger partial charge is 0.494 e. The number of hydrazine groups is 1. The van der Waals surface area contributed by atoms with E-state index >= 15 is 0 Å². The molecular formula is C26H41N5O3. The van der Waals surface area contributed by atoms with Crippen LogP contribution in [0.15, 0.2) is 24.3 Å². The number of nitrogens with one attached hydrogen (secondary N) is 4. The van der Waals surface area contributed by atoms with Gasteiger partial charge < -0.3 is 15.4 Å². The lowest BCUT2D eigenvalue weighted by Gasteiger charge is -2.42. The Morgan fingerprint density at radius 2 is 1.94 bits per heavy atom. The van der Waals surface area contributed by atoms with Crippen LogP contribution in [0.2, 0.25) is 0 Å². The fraction of sp³-hybridized carbons (Fsp3) is 0.692. The first kappa shape index (κ1) is 24.9. The van der Waals surface area contributed by atoms with Crippen molar-refractivity contribution in [3.8, 4) is 5.75 Å². The van der Waals surface area contributed by atoms with Crippen molar-refractivity contribution in [2.45, 2.75) is 71.8 Å². The molecule has 0 radical (unpaired) electrons. The average molecular weight is 472 g/mol. The molecule has 0 aliphatic carbocycles. The van der Waals surface area contributed by atoms with Gasteiger partial charge in [-0.05, 0) is 64.2 Å². The zero-order chi connectivity index (χ0) is 24.4. The zero-order valence-corrected chi connectivity index (χ0v) is 21.1. The molecule has 3 heterocycles. The third-order valence-electron chi connectivity index (χ3n) is 7.71. The number of nitrogens with zero attached hydrogens (tertiary/aromatic N) is 1. The van der Waals surface area contributed by atoms with Crippen molar-refractivity contribution >= 4 is 11.8 Å². The van der Waals surface area contributed by atoms with E-state index in [-0.39, 0.29) is 53.7 Å². The molecule has 3 aliphatic heterocycles. The fourth-order valence-corrected chi connectivity index (χ4v) is 5.92. The summed E-state index contributed by atoms with van der Waals surface area (Å²) in [6.45, 7) is 12.2. The number of carbonyl (C=O) groups is 2. The number of benzene rings is 1. The fourth-order valence-electron chi connectivity index (χ4n) is 5.92. The standard InChI is InChI=1S/C26H41N5O3/c1-6-34-19-9-7-18(8-10-19)23-12-20(22-14-28-31(15(2)3)24(22)30-23)25(32)27-13-21-16(4)11-17(5)29-26(21)33/h7-10,15-17,20-24,28,30H,6,11-14H2,1-5H3,(H,27,32)(H,29,33). The summed E-state index contributed by atoms with van der Waals surface area (Å²) in [5.41, 5.74) is 4.67. The molecule has 3 aliphatic rings. The van der Waals surface area contributed by atoms with Crippen molar-refractivity contribution < 1.29 is 14.3 Å². The number of fused-ring (bicyclic) bond motifs is 1. The highest BCUT2D eigenvalue weighted by atomic mass is 16.5. The quantitative estimate of drug-likeness (QED) is 0.487. The lowest BCUT2D eigenvalue weighted by molar-refractivity contribution is -0.132. The maximum Gasteiger partial charge on any atom is 0.225 e. The molecule has 3 saturated heterocycles. The third kappa shape index (κ3) is 5.24. The summed E-state index contributed by atoms with van der Waals surface area (Å²) >= 11 is 0. The monoisotopic (exact) mass is 471 g/mol. The molecule has 0 aromatic heterocycles. The summed E-state index contributed by atoms with van der Waals surface area (Å²) in [5, 5.41) is 12.2. The maximum absolute atomic E-state index is 13.5. The first-order valence-corrected chi connectivity index (χ1v) is 12.9. The van der Waals surface area contributed by atoms with Crippen LogP contribution in [-0.4, -0.2) is 54.8 Å². The Morgan fingerprint density at radius 1 is 1.21 bits per heavy atom. The molecule has 0 saturated carbocycles. The van der Waals surface area contributed by atoms with Crippen molar-refractivity contribution in [2.24, 2.45) is 23.7 Å². The number of hydrogen-bond donors (Lipinski definition) is 4. The highest BCUT2D eigenvalue weighted by Crippen LogP contribution is 2.38. The second-order valence-electron chi connectivity index (χ2n) is 10.5. The van der Waals surface area contributed by atoms with Crippen LogP contribution in [0, 0.1) is 23.7 Å². The van der Waals surface area contributed by atoms with Gasteiger partial charge in [-0.2, -0.15) is 0 Å². The lowest BCUT2D eigenvalue weighted by Crippen LogP contribution is -2.58. The number of hydrogen-bond acceptors (Lipinski definition) is 6.